The molecular weight excluding hydrogens is 598 g/mol. The van der Waals surface area contributed by atoms with Gasteiger partial charge in [-0.2, -0.15) is 0 Å². The van der Waals surface area contributed by atoms with E-state index in [1.807, 2.05) is 12.1 Å². The number of benzene rings is 6. The third-order valence-corrected chi connectivity index (χ3v) is 9.50. The van der Waals surface area contributed by atoms with Gasteiger partial charge in [0, 0.05) is 40.9 Å². The first-order chi connectivity index (χ1) is 21.2. The number of halogens is 1. The van der Waals surface area contributed by atoms with Gasteiger partial charge in [0.15, 0.2) is 5.60 Å². The van der Waals surface area contributed by atoms with Crippen LogP contribution in [0.1, 0.15) is 16.7 Å². The normalized spacial score (nSPS) is 18.1. The van der Waals surface area contributed by atoms with Gasteiger partial charge in [-0.05, 0) is 85.3 Å². The fourth-order valence-corrected chi connectivity index (χ4v) is 7.28. The minimum absolute atomic E-state index is 0.756. The van der Waals surface area contributed by atoms with Crippen molar-refractivity contribution in [2.75, 3.05) is 38.3 Å². The molecule has 0 N–H and O–H groups in total. The van der Waals surface area contributed by atoms with Gasteiger partial charge >= 0.3 is 0 Å². The first-order valence-corrected chi connectivity index (χ1v) is 15.5. The molecule has 2 heterocycles. The Morgan fingerprint density at radius 3 is 1.95 bits per heavy atom. The van der Waals surface area contributed by atoms with Gasteiger partial charge in [-0.25, -0.2) is 0 Å². The lowest BCUT2D eigenvalue weighted by molar-refractivity contribution is 0.122. The highest BCUT2D eigenvalue weighted by molar-refractivity contribution is 9.10. The molecule has 8 rings (SSSR count). The number of anilines is 1. The second-order valence-electron chi connectivity index (χ2n) is 11.2. The smallest absolute Gasteiger partial charge is 0.178 e. The van der Waals surface area contributed by atoms with Crippen LogP contribution in [0.3, 0.4) is 0 Å². The van der Waals surface area contributed by atoms with Crippen LogP contribution in [-0.2, 0) is 10.3 Å². The average molecular weight is 629 g/mol. The summed E-state index contributed by atoms with van der Waals surface area (Å²) >= 11 is 3.94. The molecule has 0 aromatic heterocycles. The third kappa shape index (κ3) is 4.21. The van der Waals surface area contributed by atoms with E-state index in [0.717, 1.165) is 59.0 Å². The number of rotatable bonds is 4. The van der Waals surface area contributed by atoms with Crippen molar-refractivity contribution in [2.45, 2.75) is 5.60 Å². The standard InChI is InChI=1S/C38H30BrNO3/c1-41-28-16-12-26(13-17-28)38(25-10-14-27(15-11-25)40-20-22-42-23-21-40)19-18-33-36-32-9-5-4-7-30(32)29-6-2-3-8-31(29)34(36)24-35(39)37(33)43-38/h2-19,24H,20-23H2,1H3. The molecule has 5 heteroatoms. The summed E-state index contributed by atoms with van der Waals surface area (Å²) in [6.45, 7) is 3.31. The van der Waals surface area contributed by atoms with E-state index in [0.29, 0.717) is 0 Å². The minimum atomic E-state index is -0.828. The van der Waals surface area contributed by atoms with Gasteiger partial charge in [0.25, 0.3) is 0 Å². The fraction of sp³-hybridized carbons (Fsp3) is 0.158. The van der Waals surface area contributed by atoms with E-state index in [-0.39, 0.29) is 0 Å². The van der Waals surface area contributed by atoms with Gasteiger partial charge in [0.2, 0.25) is 0 Å². The molecule has 0 bridgehead atoms. The van der Waals surface area contributed by atoms with Crippen LogP contribution in [0.5, 0.6) is 11.5 Å². The van der Waals surface area contributed by atoms with Gasteiger partial charge in [-0.3, -0.25) is 0 Å². The highest BCUT2D eigenvalue weighted by atomic mass is 79.9. The molecule has 0 radical (unpaired) electrons. The number of hydrogen-bond donors (Lipinski definition) is 0. The van der Waals surface area contributed by atoms with Crippen LogP contribution in [0.25, 0.3) is 38.4 Å². The van der Waals surface area contributed by atoms with Crippen molar-refractivity contribution in [1.29, 1.82) is 0 Å². The lowest BCUT2D eigenvalue weighted by Crippen LogP contribution is -2.36. The summed E-state index contributed by atoms with van der Waals surface area (Å²) in [5, 5.41) is 7.37. The van der Waals surface area contributed by atoms with Gasteiger partial charge in [0.1, 0.15) is 11.5 Å². The van der Waals surface area contributed by atoms with E-state index < -0.39 is 5.60 Å². The number of methoxy groups -OCH3 is 1. The first-order valence-electron chi connectivity index (χ1n) is 14.7. The Morgan fingerprint density at radius 2 is 1.30 bits per heavy atom. The Labute approximate surface area is 259 Å². The number of morpholine rings is 1. The first kappa shape index (κ1) is 26.3. The molecule has 1 unspecified atom stereocenters. The molecule has 2 aliphatic rings. The molecule has 0 aliphatic carbocycles. The van der Waals surface area contributed by atoms with Crippen molar-refractivity contribution in [3.05, 3.63) is 130 Å². The van der Waals surface area contributed by atoms with E-state index in [1.165, 1.54) is 38.0 Å². The number of ether oxygens (including phenoxy) is 3. The largest absolute Gasteiger partial charge is 0.497 e. The second-order valence-corrected chi connectivity index (χ2v) is 12.0. The number of fused-ring (bicyclic) bond motifs is 8. The molecule has 6 aromatic rings. The predicted octanol–water partition coefficient (Wildman–Crippen LogP) is 9.10. The molecular formula is C38H30BrNO3. The van der Waals surface area contributed by atoms with Gasteiger partial charge < -0.3 is 19.1 Å². The molecule has 1 fully saturated rings. The van der Waals surface area contributed by atoms with Crippen molar-refractivity contribution in [3.63, 3.8) is 0 Å². The Morgan fingerprint density at radius 1 is 0.721 bits per heavy atom. The van der Waals surface area contributed by atoms with Crippen LogP contribution in [0.4, 0.5) is 5.69 Å². The van der Waals surface area contributed by atoms with Crippen molar-refractivity contribution in [2.24, 2.45) is 0 Å². The summed E-state index contributed by atoms with van der Waals surface area (Å²) in [5.74, 6) is 1.65. The summed E-state index contributed by atoms with van der Waals surface area (Å²) < 4.78 is 19.2. The van der Waals surface area contributed by atoms with E-state index in [9.17, 15) is 0 Å². The highest BCUT2D eigenvalue weighted by Gasteiger charge is 2.39. The highest BCUT2D eigenvalue weighted by Crippen LogP contribution is 2.50. The second kappa shape index (κ2) is 10.4. The van der Waals surface area contributed by atoms with E-state index in [4.69, 9.17) is 14.2 Å². The molecule has 1 saturated heterocycles. The van der Waals surface area contributed by atoms with Crippen LogP contribution in [0, 0.1) is 0 Å². The SMILES string of the molecule is COc1ccc(C2(c3ccc(N4CCOCC4)cc3)C=Cc3c(c(Br)cc4c5ccccc5c5ccccc5c34)O2)cc1. The van der Waals surface area contributed by atoms with E-state index in [1.54, 1.807) is 7.11 Å². The Bertz CT molecular complexity index is 2030. The zero-order valence-corrected chi connectivity index (χ0v) is 25.4. The van der Waals surface area contributed by atoms with Crippen molar-refractivity contribution in [1.82, 2.24) is 0 Å². The zero-order valence-electron chi connectivity index (χ0n) is 23.8. The Kier molecular flexibility index (Phi) is 6.39. The molecule has 0 saturated carbocycles. The predicted molar refractivity (Wildman–Crippen MR) is 180 cm³/mol. The molecule has 0 amide bonds. The molecule has 212 valence electrons. The molecule has 43 heavy (non-hydrogen) atoms. The maximum atomic E-state index is 7.24. The lowest BCUT2D eigenvalue weighted by Gasteiger charge is -2.37. The monoisotopic (exact) mass is 627 g/mol. The fourth-order valence-electron chi connectivity index (χ4n) is 6.76. The maximum absolute atomic E-state index is 7.24. The zero-order chi connectivity index (χ0) is 29.0. The average Bonchev–Trinajstić information content (AvgIpc) is 3.09. The summed E-state index contributed by atoms with van der Waals surface area (Å²) in [6, 6.07) is 36.6. The minimum Gasteiger partial charge on any atom is -0.497 e. The van der Waals surface area contributed by atoms with Crippen LogP contribution in [0.15, 0.2) is 114 Å². The molecule has 1 atom stereocenters. The summed E-state index contributed by atoms with van der Waals surface area (Å²) in [5.41, 5.74) is 3.55. The molecule has 4 nitrogen and oxygen atoms in total. The number of nitrogens with zero attached hydrogens (tertiary/aromatic N) is 1. The summed E-state index contributed by atoms with van der Waals surface area (Å²) in [4.78, 5) is 2.37. The topological polar surface area (TPSA) is 30.9 Å². The van der Waals surface area contributed by atoms with Crippen molar-refractivity contribution >= 4 is 60.0 Å². The van der Waals surface area contributed by atoms with Gasteiger partial charge in [-0.1, -0.05) is 72.8 Å². The van der Waals surface area contributed by atoms with Crippen LogP contribution < -0.4 is 14.4 Å². The summed E-state index contributed by atoms with van der Waals surface area (Å²) in [7, 11) is 1.69. The Hall–Kier alpha value is -4.32. The quantitative estimate of drug-likeness (QED) is 0.182. The van der Waals surface area contributed by atoms with Crippen molar-refractivity contribution in [3.8, 4) is 11.5 Å². The van der Waals surface area contributed by atoms with Gasteiger partial charge in [-0.15, -0.1) is 0 Å². The van der Waals surface area contributed by atoms with Crippen LogP contribution in [0.2, 0.25) is 0 Å². The third-order valence-electron chi connectivity index (χ3n) is 8.91. The number of hydrogen-bond acceptors (Lipinski definition) is 4. The maximum Gasteiger partial charge on any atom is 0.178 e. The van der Waals surface area contributed by atoms with Crippen LogP contribution >= 0.6 is 15.9 Å². The lowest BCUT2D eigenvalue weighted by atomic mass is 9.82. The Balaban J connectivity index is 1.34. The van der Waals surface area contributed by atoms with Crippen LogP contribution in [-0.4, -0.2) is 33.4 Å². The van der Waals surface area contributed by atoms with Gasteiger partial charge in [0.05, 0.1) is 24.8 Å². The molecule has 2 aliphatic heterocycles. The molecule has 0 spiro atoms. The van der Waals surface area contributed by atoms with E-state index in [2.05, 4.69) is 124 Å². The summed E-state index contributed by atoms with van der Waals surface area (Å²) in [6.07, 6.45) is 4.48. The van der Waals surface area contributed by atoms with Crippen molar-refractivity contribution < 1.29 is 14.2 Å². The van der Waals surface area contributed by atoms with E-state index >= 15 is 0 Å². The molecule has 6 aromatic carbocycles.